The smallest absolute Gasteiger partial charge is 0.251 e. The number of carbonyl (C=O) groups excluding carboxylic acids is 1. The highest BCUT2D eigenvalue weighted by Gasteiger charge is 2.40. The molecular formula is C13H14F3NO. The predicted octanol–water partition coefficient (Wildman–Crippen LogP) is 3.02. The standard InChI is InChI=1S/C13H14F3NO/c1-2-13(3-4-13)7-17-12(18)8-5-9(14)11(16)10(15)6-8/h5-6H,2-4,7H2,1H3,(H,17,18). The molecule has 1 aliphatic carbocycles. The summed E-state index contributed by atoms with van der Waals surface area (Å²) in [6.07, 6.45) is 3.06. The lowest BCUT2D eigenvalue weighted by Crippen LogP contribution is -2.30. The van der Waals surface area contributed by atoms with E-state index >= 15 is 0 Å². The molecular weight excluding hydrogens is 243 g/mol. The van der Waals surface area contributed by atoms with Crippen LogP contribution in [0.2, 0.25) is 0 Å². The Hall–Kier alpha value is -1.52. The van der Waals surface area contributed by atoms with E-state index < -0.39 is 23.4 Å². The first-order valence-electron chi connectivity index (χ1n) is 5.90. The normalized spacial score (nSPS) is 16.4. The van der Waals surface area contributed by atoms with Crippen LogP contribution in [0.4, 0.5) is 13.2 Å². The van der Waals surface area contributed by atoms with Crippen LogP contribution >= 0.6 is 0 Å². The van der Waals surface area contributed by atoms with Crippen LogP contribution in [0.1, 0.15) is 36.5 Å². The summed E-state index contributed by atoms with van der Waals surface area (Å²) in [6, 6.07) is 1.42. The monoisotopic (exact) mass is 257 g/mol. The second kappa shape index (κ2) is 4.63. The third-order valence-corrected chi connectivity index (χ3v) is 3.58. The van der Waals surface area contributed by atoms with Gasteiger partial charge in [0, 0.05) is 12.1 Å². The minimum absolute atomic E-state index is 0.146. The number of nitrogens with one attached hydrogen (secondary N) is 1. The molecule has 0 spiro atoms. The van der Waals surface area contributed by atoms with E-state index in [9.17, 15) is 18.0 Å². The highest BCUT2D eigenvalue weighted by atomic mass is 19.2. The number of hydrogen-bond acceptors (Lipinski definition) is 1. The Kier molecular flexibility index (Phi) is 3.32. The molecule has 1 saturated carbocycles. The summed E-state index contributed by atoms with van der Waals surface area (Å²) < 4.78 is 38.6. The topological polar surface area (TPSA) is 29.1 Å². The highest BCUT2D eigenvalue weighted by Crippen LogP contribution is 2.47. The summed E-state index contributed by atoms with van der Waals surface area (Å²) in [5.74, 6) is -4.83. The van der Waals surface area contributed by atoms with Gasteiger partial charge in [-0.05, 0) is 36.8 Å². The van der Waals surface area contributed by atoms with Crippen LogP contribution in [0.3, 0.4) is 0 Å². The zero-order valence-corrected chi connectivity index (χ0v) is 10.0. The maximum atomic E-state index is 13.0. The molecule has 1 fully saturated rings. The molecule has 0 saturated heterocycles. The lowest BCUT2D eigenvalue weighted by Gasteiger charge is -2.13. The SMILES string of the molecule is CCC1(CNC(=O)c2cc(F)c(F)c(F)c2)CC1. The first kappa shape index (κ1) is 12.9. The van der Waals surface area contributed by atoms with Crippen molar-refractivity contribution in [3.8, 4) is 0 Å². The minimum Gasteiger partial charge on any atom is -0.351 e. The maximum absolute atomic E-state index is 13.0. The fourth-order valence-electron chi connectivity index (χ4n) is 1.89. The van der Waals surface area contributed by atoms with Crippen molar-refractivity contribution in [1.82, 2.24) is 5.32 Å². The van der Waals surface area contributed by atoms with E-state index in [0.717, 1.165) is 19.3 Å². The van der Waals surface area contributed by atoms with E-state index in [1.54, 1.807) is 0 Å². The minimum atomic E-state index is -1.56. The number of rotatable bonds is 4. The Morgan fingerprint density at radius 3 is 2.28 bits per heavy atom. The van der Waals surface area contributed by atoms with Gasteiger partial charge in [0.2, 0.25) is 0 Å². The Balaban J connectivity index is 2.05. The Labute approximate surface area is 103 Å². The van der Waals surface area contributed by atoms with Gasteiger partial charge >= 0.3 is 0 Å². The molecule has 1 N–H and O–H groups in total. The fraction of sp³-hybridized carbons (Fsp3) is 0.462. The lowest BCUT2D eigenvalue weighted by atomic mass is 10.0. The molecule has 1 aliphatic rings. The molecule has 18 heavy (non-hydrogen) atoms. The van der Waals surface area contributed by atoms with Crippen molar-refractivity contribution in [3.05, 3.63) is 35.1 Å². The van der Waals surface area contributed by atoms with E-state index in [-0.39, 0.29) is 11.0 Å². The number of carbonyl (C=O) groups is 1. The van der Waals surface area contributed by atoms with Gasteiger partial charge in [-0.3, -0.25) is 4.79 Å². The fourth-order valence-corrected chi connectivity index (χ4v) is 1.89. The van der Waals surface area contributed by atoms with Crippen molar-refractivity contribution in [2.75, 3.05) is 6.54 Å². The first-order valence-corrected chi connectivity index (χ1v) is 5.90. The molecule has 0 bridgehead atoms. The van der Waals surface area contributed by atoms with Gasteiger partial charge < -0.3 is 5.32 Å². The molecule has 0 radical (unpaired) electrons. The molecule has 0 aromatic heterocycles. The van der Waals surface area contributed by atoms with E-state index in [2.05, 4.69) is 5.32 Å². The largest absolute Gasteiger partial charge is 0.351 e. The van der Waals surface area contributed by atoms with E-state index in [1.165, 1.54) is 0 Å². The maximum Gasteiger partial charge on any atom is 0.251 e. The quantitative estimate of drug-likeness (QED) is 0.825. The van der Waals surface area contributed by atoms with Gasteiger partial charge in [0.05, 0.1) is 0 Å². The highest BCUT2D eigenvalue weighted by molar-refractivity contribution is 5.94. The van der Waals surface area contributed by atoms with Gasteiger partial charge in [0.15, 0.2) is 17.5 Å². The molecule has 0 aliphatic heterocycles. The van der Waals surface area contributed by atoms with Crippen LogP contribution in [0.15, 0.2) is 12.1 Å². The van der Waals surface area contributed by atoms with Gasteiger partial charge in [0.25, 0.3) is 5.91 Å². The lowest BCUT2D eigenvalue weighted by molar-refractivity contribution is 0.0943. The molecule has 1 amide bonds. The van der Waals surface area contributed by atoms with Gasteiger partial charge in [-0.15, -0.1) is 0 Å². The van der Waals surface area contributed by atoms with Crippen LogP contribution in [-0.4, -0.2) is 12.5 Å². The van der Waals surface area contributed by atoms with Crippen LogP contribution in [0.25, 0.3) is 0 Å². The second-order valence-corrected chi connectivity index (χ2v) is 4.79. The molecule has 2 nitrogen and oxygen atoms in total. The zero-order valence-electron chi connectivity index (χ0n) is 10.0. The van der Waals surface area contributed by atoms with E-state index in [0.29, 0.717) is 18.7 Å². The Morgan fingerprint density at radius 2 is 1.83 bits per heavy atom. The molecule has 2 rings (SSSR count). The number of amides is 1. The van der Waals surface area contributed by atoms with Crippen molar-refractivity contribution in [3.63, 3.8) is 0 Å². The van der Waals surface area contributed by atoms with Crippen molar-refractivity contribution in [1.29, 1.82) is 0 Å². The molecule has 1 aromatic carbocycles. The summed E-state index contributed by atoms with van der Waals surface area (Å²) in [5.41, 5.74) is -0.0504. The van der Waals surface area contributed by atoms with Gasteiger partial charge in [0.1, 0.15) is 0 Å². The zero-order chi connectivity index (χ0) is 13.3. The molecule has 0 unspecified atom stereocenters. The average molecular weight is 257 g/mol. The summed E-state index contributed by atoms with van der Waals surface area (Å²) in [4.78, 5) is 11.7. The molecule has 98 valence electrons. The van der Waals surface area contributed by atoms with Crippen molar-refractivity contribution in [2.45, 2.75) is 26.2 Å². The van der Waals surface area contributed by atoms with Crippen molar-refractivity contribution in [2.24, 2.45) is 5.41 Å². The number of benzene rings is 1. The third-order valence-electron chi connectivity index (χ3n) is 3.58. The second-order valence-electron chi connectivity index (χ2n) is 4.79. The van der Waals surface area contributed by atoms with E-state index in [1.807, 2.05) is 6.92 Å². The molecule has 0 heterocycles. The predicted molar refractivity (Wildman–Crippen MR) is 60.6 cm³/mol. The van der Waals surface area contributed by atoms with Crippen LogP contribution in [0.5, 0.6) is 0 Å². The number of halogens is 3. The average Bonchev–Trinajstić information content (AvgIpc) is 3.13. The Morgan fingerprint density at radius 1 is 1.28 bits per heavy atom. The summed E-state index contributed by atoms with van der Waals surface area (Å²) >= 11 is 0. The number of hydrogen-bond donors (Lipinski definition) is 1. The molecule has 0 atom stereocenters. The van der Waals surface area contributed by atoms with Gasteiger partial charge in [-0.25, -0.2) is 13.2 Å². The van der Waals surface area contributed by atoms with Gasteiger partial charge in [-0.1, -0.05) is 6.92 Å². The van der Waals surface area contributed by atoms with Crippen LogP contribution in [-0.2, 0) is 0 Å². The summed E-state index contributed by atoms with van der Waals surface area (Å²) in [5, 5.41) is 2.63. The van der Waals surface area contributed by atoms with Crippen molar-refractivity contribution < 1.29 is 18.0 Å². The van der Waals surface area contributed by atoms with Gasteiger partial charge in [-0.2, -0.15) is 0 Å². The molecule has 5 heteroatoms. The molecule has 1 aromatic rings. The summed E-state index contributed by atoms with van der Waals surface area (Å²) in [7, 11) is 0. The van der Waals surface area contributed by atoms with Crippen LogP contribution in [0, 0.1) is 22.9 Å². The van der Waals surface area contributed by atoms with Crippen LogP contribution < -0.4 is 5.32 Å². The third kappa shape index (κ3) is 2.49. The van der Waals surface area contributed by atoms with E-state index in [4.69, 9.17) is 0 Å². The Bertz CT molecular complexity index is 460. The van der Waals surface area contributed by atoms with Crippen molar-refractivity contribution >= 4 is 5.91 Å². The summed E-state index contributed by atoms with van der Waals surface area (Å²) in [6.45, 7) is 2.53. The first-order chi connectivity index (χ1) is 8.47.